The summed E-state index contributed by atoms with van der Waals surface area (Å²) in [5.41, 5.74) is -0.557. The van der Waals surface area contributed by atoms with E-state index in [9.17, 15) is 26.4 Å². The van der Waals surface area contributed by atoms with Crippen LogP contribution in [0.5, 0.6) is 0 Å². The molecule has 0 bridgehead atoms. The SMILES string of the molecule is O=C(Nc1ccc(S(=O)(=O)N2CCCC[C@@H]2c2cccnc2)cc1)c1ccccc1C(F)(F)F. The number of rotatable bonds is 5. The smallest absolute Gasteiger partial charge is 0.322 e. The maximum Gasteiger partial charge on any atom is 0.417 e. The lowest BCUT2D eigenvalue weighted by molar-refractivity contribution is -0.137. The molecule has 1 aromatic heterocycles. The third-order valence-electron chi connectivity index (χ3n) is 5.72. The number of pyridine rings is 1. The number of hydrogen-bond acceptors (Lipinski definition) is 4. The predicted molar refractivity (Wildman–Crippen MR) is 121 cm³/mol. The van der Waals surface area contributed by atoms with Gasteiger partial charge in [-0.2, -0.15) is 17.5 Å². The van der Waals surface area contributed by atoms with Gasteiger partial charge in [0.25, 0.3) is 5.91 Å². The normalized spacial score (nSPS) is 17.3. The van der Waals surface area contributed by atoms with E-state index >= 15 is 0 Å². The molecule has 178 valence electrons. The molecule has 1 amide bonds. The minimum Gasteiger partial charge on any atom is -0.322 e. The minimum atomic E-state index is -4.68. The van der Waals surface area contributed by atoms with Gasteiger partial charge in [-0.1, -0.05) is 24.6 Å². The number of benzene rings is 2. The standard InChI is InChI=1S/C24H22F3N3O3S/c25-24(26,27)21-8-2-1-7-20(21)23(31)29-18-10-12-19(13-11-18)34(32,33)30-15-4-3-9-22(30)17-6-5-14-28-16-17/h1-2,5-8,10-14,16,22H,3-4,9,15H2,(H,29,31)/t22-/m1/s1. The van der Waals surface area contributed by atoms with Crippen LogP contribution in [0.4, 0.5) is 18.9 Å². The van der Waals surface area contributed by atoms with Crippen molar-refractivity contribution in [3.05, 3.63) is 89.7 Å². The molecule has 0 unspecified atom stereocenters. The summed E-state index contributed by atoms with van der Waals surface area (Å²) in [5, 5.41) is 2.41. The Morgan fingerprint density at radius 1 is 1.00 bits per heavy atom. The summed E-state index contributed by atoms with van der Waals surface area (Å²) >= 11 is 0. The first kappa shape index (κ1) is 23.9. The topological polar surface area (TPSA) is 79.4 Å². The molecule has 10 heteroatoms. The molecule has 1 aliphatic rings. The van der Waals surface area contributed by atoms with Gasteiger partial charge in [0.2, 0.25) is 10.0 Å². The molecule has 2 heterocycles. The first-order valence-electron chi connectivity index (χ1n) is 10.7. The van der Waals surface area contributed by atoms with Crippen LogP contribution in [0, 0.1) is 0 Å². The van der Waals surface area contributed by atoms with Crippen LogP contribution in [-0.2, 0) is 16.2 Å². The van der Waals surface area contributed by atoms with E-state index in [1.807, 2.05) is 6.07 Å². The van der Waals surface area contributed by atoms with Crippen molar-refractivity contribution in [1.29, 1.82) is 0 Å². The van der Waals surface area contributed by atoms with Gasteiger partial charge in [0.15, 0.2) is 0 Å². The number of anilines is 1. The van der Waals surface area contributed by atoms with Crippen LogP contribution < -0.4 is 5.32 Å². The van der Waals surface area contributed by atoms with Gasteiger partial charge in [0.05, 0.1) is 22.1 Å². The largest absolute Gasteiger partial charge is 0.417 e. The first-order valence-corrected chi connectivity index (χ1v) is 12.1. The highest BCUT2D eigenvalue weighted by molar-refractivity contribution is 7.89. The van der Waals surface area contributed by atoms with Gasteiger partial charge >= 0.3 is 6.18 Å². The number of piperidine rings is 1. The van der Waals surface area contributed by atoms with E-state index in [4.69, 9.17) is 0 Å². The fraction of sp³-hybridized carbons (Fsp3) is 0.250. The number of hydrogen-bond donors (Lipinski definition) is 1. The highest BCUT2D eigenvalue weighted by Gasteiger charge is 2.36. The highest BCUT2D eigenvalue weighted by atomic mass is 32.2. The van der Waals surface area contributed by atoms with E-state index in [0.717, 1.165) is 30.5 Å². The molecule has 6 nitrogen and oxygen atoms in total. The van der Waals surface area contributed by atoms with Crippen molar-refractivity contribution in [3.63, 3.8) is 0 Å². The Morgan fingerprint density at radius 2 is 1.74 bits per heavy atom. The number of nitrogens with zero attached hydrogens (tertiary/aromatic N) is 2. The second-order valence-electron chi connectivity index (χ2n) is 7.94. The van der Waals surface area contributed by atoms with E-state index in [-0.39, 0.29) is 16.6 Å². The van der Waals surface area contributed by atoms with Crippen LogP contribution in [-0.4, -0.2) is 30.2 Å². The van der Waals surface area contributed by atoms with Crippen molar-refractivity contribution in [3.8, 4) is 0 Å². The van der Waals surface area contributed by atoms with Gasteiger partial charge in [-0.15, -0.1) is 0 Å². The van der Waals surface area contributed by atoms with E-state index in [2.05, 4.69) is 10.3 Å². The fourth-order valence-electron chi connectivity index (χ4n) is 4.07. The van der Waals surface area contributed by atoms with Gasteiger partial charge in [-0.05, 0) is 60.9 Å². The summed E-state index contributed by atoms with van der Waals surface area (Å²) < 4.78 is 67.8. The predicted octanol–water partition coefficient (Wildman–Crippen LogP) is 5.27. The lowest BCUT2D eigenvalue weighted by Crippen LogP contribution is -2.38. The monoisotopic (exact) mass is 489 g/mol. The maximum atomic E-state index is 13.4. The lowest BCUT2D eigenvalue weighted by Gasteiger charge is -2.34. The van der Waals surface area contributed by atoms with E-state index in [1.165, 1.54) is 40.7 Å². The third-order valence-corrected chi connectivity index (χ3v) is 7.64. The molecule has 2 aromatic carbocycles. The molecular formula is C24H22F3N3O3S. The Morgan fingerprint density at radius 3 is 2.41 bits per heavy atom. The van der Waals surface area contributed by atoms with Crippen LogP contribution >= 0.6 is 0 Å². The molecule has 0 aliphatic carbocycles. The number of carbonyl (C=O) groups is 1. The highest BCUT2D eigenvalue weighted by Crippen LogP contribution is 2.35. The molecule has 34 heavy (non-hydrogen) atoms. The lowest BCUT2D eigenvalue weighted by atomic mass is 9.99. The van der Waals surface area contributed by atoms with Crippen molar-refractivity contribution >= 4 is 21.6 Å². The second kappa shape index (κ2) is 9.55. The van der Waals surface area contributed by atoms with Crippen molar-refractivity contribution < 1.29 is 26.4 Å². The molecule has 1 aliphatic heterocycles. The number of amides is 1. The summed E-state index contributed by atoms with van der Waals surface area (Å²) in [7, 11) is -3.84. The van der Waals surface area contributed by atoms with Crippen molar-refractivity contribution in [2.45, 2.75) is 36.4 Å². The Hall–Kier alpha value is -3.24. The van der Waals surface area contributed by atoms with E-state index in [0.29, 0.717) is 13.0 Å². The fourth-order valence-corrected chi connectivity index (χ4v) is 5.75. The van der Waals surface area contributed by atoms with Gasteiger partial charge in [-0.3, -0.25) is 9.78 Å². The number of alkyl halides is 3. The molecule has 0 saturated carbocycles. The van der Waals surface area contributed by atoms with Gasteiger partial charge in [-0.25, -0.2) is 8.42 Å². The molecule has 1 saturated heterocycles. The molecule has 0 spiro atoms. The summed E-state index contributed by atoms with van der Waals surface area (Å²) in [6.45, 7) is 0.370. The molecule has 4 rings (SSSR count). The molecule has 3 aromatic rings. The van der Waals surface area contributed by atoms with Crippen molar-refractivity contribution in [1.82, 2.24) is 9.29 Å². The molecule has 1 atom stereocenters. The zero-order valence-corrected chi connectivity index (χ0v) is 18.8. The molecule has 0 radical (unpaired) electrons. The van der Waals surface area contributed by atoms with Gasteiger partial charge < -0.3 is 5.32 Å². The zero-order valence-electron chi connectivity index (χ0n) is 18.0. The van der Waals surface area contributed by atoms with E-state index in [1.54, 1.807) is 18.5 Å². The summed E-state index contributed by atoms with van der Waals surface area (Å²) in [6.07, 6.45) is 0.933. The van der Waals surface area contributed by atoms with Crippen LogP contribution in [0.1, 0.15) is 46.8 Å². The minimum absolute atomic E-state index is 0.0389. The Labute approximate surface area is 195 Å². The van der Waals surface area contributed by atoms with Gasteiger partial charge in [0.1, 0.15) is 0 Å². The maximum absolute atomic E-state index is 13.4. The Bertz CT molecular complexity index is 1260. The molecule has 1 N–H and O–H groups in total. The number of nitrogens with one attached hydrogen (secondary N) is 1. The van der Waals surface area contributed by atoms with Crippen LogP contribution in [0.25, 0.3) is 0 Å². The van der Waals surface area contributed by atoms with Crippen LogP contribution in [0.15, 0.2) is 78.0 Å². The summed E-state index contributed by atoms with van der Waals surface area (Å²) in [6, 6.07) is 13.2. The first-order chi connectivity index (χ1) is 16.2. The zero-order chi connectivity index (χ0) is 24.3. The average molecular weight is 490 g/mol. The molecular weight excluding hydrogens is 467 g/mol. The van der Waals surface area contributed by atoms with Crippen LogP contribution in [0.2, 0.25) is 0 Å². The van der Waals surface area contributed by atoms with Crippen molar-refractivity contribution in [2.24, 2.45) is 0 Å². The van der Waals surface area contributed by atoms with Crippen molar-refractivity contribution in [2.75, 3.05) is 11.9 Å². The van der Waals surface area contributed by atoms with Crippen LogP contribution in [0.3, 0.4) is 0 Å². The number of halogens is 3. The average Bonchev–Trinajstić information content (AvgIpc) is 2.84. The second-order valence-corrected chi connectivity index (χ2v) is 9.83. The molecule has 1 fully saturated rings. The van der Waals surface area contributed by atoms with Gasteiger partial charge in [0, 0.05) is 24.6 Å². The Balaban J connectivity index is 1.55. The Kier molecular flexibility index (Phi) is 6.72. The summed E-state index contributed by atoms with van der Waals surface area (Å²) in [4.78, 5) is 16.6. The van der Waals surface area contributed by atoms with E-state index < -0.39 is 33.2 Å². The summed E-state index contributed by atoms with van der Waals surface area (Å²) in [5.74, 6) is -0.934. The number of sulfonamides is 1. The third kappa shape index (κ3) is 4.97. The number of carbonyl (C=O) groups excluding carboxylic acids is 1. The quantitative estimate of drug-likeness (QED) is 0.530. The number of aromatic nitrogens is 1.